The minimum Gasteiger partial charge on any atom is -0.469 e. The van der Waals surface area contributed by atoms with Crippen LogP contribution < -0.4 is 11.1 Å². The predicted octanol–water partition coefficient (Wildman–Crippen LogP) is 2.84. The third-order valence-corrected chi connectivity index (χ3v) is 5.60. The summed E-state index contributed by atoms with van der Waals surface area (Å²) in [5, 5.41) is 2.94. The van der Waals surface area contributed by atoms with Gasteiger partial charge >= 0.3 is 11.9 Å². The second kappa shape index (κ2) is 10.6. The first-order chi connectivity index (χ1) is 15.0. The first-order valence-electron chi connectivity index (χ1n) is 10.4. The molecule has 1 aliphatic rings. The number of carbonyl (C=O) groups is 2. The second-order valence-corrected chi connectivity index (χ2v) is 7.51. The molecule has 0 amide bonds. The standard InChI is InChI=1S/C24H29N3O4/c1-26-24(25)27-13-7-8-16(23(29)30-2)14-22(28)31-15-21-19-11-5-3-9-17(19)18-10-4-6-12-20(18)21/h3-6,9-12,16,21H,7-8,13-15H2,1-2H3,(H3,25,26,27)/t16-/m0/s1. The van der Waals surface area contributed by atoms with Gasteiger partial charge in [0.2, 0.25) is 0 Å². The summed E-state index contributed by atoms with van der Waals surface area (Å²) in [4.78, 5) is 28.5. The van der Waals surface area contributed by atoms with E-state index < -0.39 is 17.9 Å². The van der Waals surface area contributed by atoms with Crippen LogP contribution in [-0.4, -0.2) is 45.2 Å². The minimum atomic E-state index is -0.553. The quantitative estimate of drug-likeness (QED) is 0.278. The van der Waals surface area contributed by atoms with Crippen LogP contribution in [0.2, 0.25) is 0 Å². The first-order valence-corrected chi connectivity index (χ1v) is 10.4. The van der Waals surface area contributed by atoms with Crippen molar-refractivity contribution < 1.29 is 19.1 Å². The van der Waals surface area contributed by atoms with E-state index in [-0.39, 0.29) is 18.9 Å². The number of benzene rings is 2. The molecular formula is C24H29N3O4. The lowest BCUT2D eigenvalue weighted by Crippen LogP contribution is -2.32. The summed E-state index contributed by atoms with van der Waals surface area (Å²) in [6.07, 6.45) is 1.12. The van der Waals surface area contributed by atoms with Crippen LogP contribution in [0.1, 0.15) is 36.3 Å². The molecule has 31 heavy (non-hydrogen) atoms. The van der Waals surface area contributed by atoms with Crippen molar-refractivity contribution in [2.75, 3.05) is 27.3 Å². The molecule has 0 heterocycles. The van der Waals surface area contributed by atoms with Gasteiger partial charge in [-0.15, -0.1) is 0 Å². The maximum Gasteiger partial charge on any atom is 0.309 e. The largest absolute Gasteiger partial charge is 0.469 e. The van der Waals surface area contributed by atoms with Crippen LogP contribution in [0.25, 0.3) is 11.1 Å². The number of hydrogen-bond acceptors (Lipinski definition) is 5. The lowest BCUT2D eigenvalue weighted by molar-refractivity contribution is -0.153. The van der Waals surface area contributed by atoms with Crippen LogP contribution in [0, 0.1) is 5.92 Å². The molecule has 0 aliphatic heterocycles. The van der Waals surface area contributed by atoms with Crippen LogP contribution >= 0.6 is 0 Å². The Balaban J connectivity index is 1.58. The second-order valence-electron chi connectivity index (χ2n) is 7.51. The molecule has 3 rings (SSSR count). The molecule has 2 aromatic rings. The van der Waals surface area contributed by atoms with Gasteiger partial charge in [-0.2, -0.15) is 0 Å². The molecule has 1 atom stereocenters. The molecule has 164 valence electrons. The SMILES string of the molecule is CN=C(N)NCCC[C@@H](CC(=O)OCC1c2ccccc2-c2ccccc21)C(=O)OC. The molecule has 0 saturated heterocycles. The van der Waals surface area contributed by atoms with E-state index in [4.69, 9.17) is 15.2 Å². The number of nitrogens with two attached hydrogens (primary N) is 1. The number of esters is 2. The van der Waals surface area contributed by atoms with Crippen LogP contribution in [0.3, 0.4) is 0 Å². The molecule has 7 nitrogen and oxygen atoms in total. The molecule has 0 aromatic heterocycles. The number of methoxy groups -OCH3 is 1. The van der Waals surface area contributed by atoms with Crippen molar-refractivity contribution in [2.45, 2.75) is 25.2 Å². The Morgan fingerprint density at radius 2 is 1.71 bits per heavy atom. The van der Waals surface area contributed by atoms with Crippen LogP contribution in [0.5, 0.6) is 0 Å². The van der Waals surface area contributed by atoms with Gasteiger partial charge in [0, 0.05) is 19.5 Å². The molecule has 1 aliphatic carbocycles. The molecule has 0 saturated carbocycles. The summed E-state index contributed by atoms with van der Waals surface area (Å²) in [5.74, 6) is -1.03. The molecule has 3 N–H and O–H groups in total. The number of ether oxygens (including phenoxy) is 2. The van der Waals surface area contributed by atoms with Gasteiger partial charge in [0.25, 0.3) is 0 Å². The lowest BCUT2D eigenvalue weighted by Gasteiger charge is -2.17. The maximum atomic E-state index is 12.6. The van der Waals surface area contributed by atoms with E-state index in [1.54, 1.807) is 7.05 Å². The van der Waals surface area contributed by atoms with Crippen molar-refractivity contribution in [1.82, 2.24) is 5.32 Å². The fourth-order valence-electron chi connectivity index (χ4n) is 3.99. The van der Waals surface area contributed by atoms with E-state index in [0.29, 0.717) is 25.3 Å². The number of fused-ring (bicyclic) bond motifs is 3. The van der Waals surface area contributed by atoms with E-state index in [2.05, 4.69) is 34.6 Å². The molecule has 0 spiro atoms. The number of carbonyl (C=O) groups excluding carboxylic acids is 2. The summed E-state index contributed by atoms with van der Waals surface area (Å²) in [6, 6.07) is 16.3. The number of guanidine groups is 1. The Bertz CT molecular complexity index is 912. The van der Waals surface area contributed by atoms with Crippen molar-refractivity contribution >= 4 is 17.9 Å². The van der Waals surface area contributed by atoms with E-state index in [1.165, 1.54) is 18.2 Å². The number of nitrogens with zero attached hydrogens (tertiary/aromatic N) is 1. The highest BCUT2D eigenvalue weighted by Crippen LogP contribution is 2.44. The number of hydrogen-bond donors (Lipinski definition) is 2. The highest BCUT2D eigenvalue weighted by molar-refractivity contribution is 5.81. The summed E-state index contributed by atoms with van der Waals surface area (Å²) in [7, 11) is 2.92. The van der Waals surface area contributed by atoms with Crippen LogP contribution in [0.4, 0.5) is 0 Å². The van der Waals surface area contributed by atoms with Crippen LogP contribution in [0.15, 0.2) is 53.5 Å². The van der Waals surface area contributed by atoms with Gasteiger partial charge in [-0.3, -0.25) is 14.6 Å². The van der Waals surface area contributed by atoms with Crippen molar-refractivity contribution in [1.29, 1.82) is 0 Å². The molecule has 0 unspecified atom stereocenters. The molecule has 0 bridgehead atoms. The molecule has 7 heteroatoms. The smallest absolute Gasteiger partial charge is 0.309 e. The molecular weight excluding hydrogens is 394 g/mol. The number of nitrogens with one attached hydrogen (secondary N) is 1. The third kappa shape index (κ3) is 5.42. The van der Waals surface area contributed by atoms with E-state index in [1.807, 2.05) is 24.3 Å². The van der Waals surface area contributed by atoms with Gasteiger partial charge in [0.15, 0.2) is 5.96 Å². The van der Waals surface area contributed by atoms with Gasteiger partial charge in [0.1, 0.15) is 6.61 Å². The highest BCUT2D eigenvalue weighted by Gasteiger charge is 2.30. The van der Waals surface area contributed by atoms with E-state index in [0.717, 1.165) is 11.1 Å². The normalized spacial score (nSPS) is 13.8. The topological polar surface area (TPSA) is 103 Å². The fourth-order valence-corrected chi connectivity index (χ4v) is 3.99. The van der Waals surface area contributed by atoms with Crippen molar-refractivity contribution in [3.8, 4) is 11.1 Å². The Hall–Kier alpha value is -3.35. The summed E-state index contributed by atoms with van der Waals surface area (Å²) < 4.78 is 10.5. The molecule has 2 aromatic carbocycles. The van der Waals surface area contributed by atoms with Crippen molar-refractivity contribution in [2.24, 2.45) is 16.6 Å². The number of rotatable bonds is 9. The molecule has 0 radical (unpaired) electrons. The Labute approximate surface area is 182 Å². The van der Waals surface area contributed by atoms with Gasteiger partial charge < -0.3 is 20.5 Å². The average Bonchev–Trinajstić information content (AvgIpc) is 3.12. The van der Waals surface area contributed by atoms with E-state index in [9.17, 15) is 9.59 Å². The highest BCUT2D eigenvalue weighted by atomic mass is 16.5. The van der Waals surface area contributed by atoms with Gasteiger partial charge in [-0.1, -0.05) is 48.5 Å². The van der Waals surface area contributed by atoms with Crippen molar-refractivity contribution in [3.63, 3.8) is 0 Å². The monoisotopic (exact) mass is 423 g/mol. The zero-order chi connectivity index (χ0) is 22.2. The third-order valence-electron chi connectivity index (χ3n) is 5.60. The first kappa shape index (κ1) is 22.3. The zero-order valence-electron chi connectivity index (χ0n) is 18.0. The van der Waals surface area contributed by atoms with E-state index >= 15 is 0 Å². The molecule has 0 fully saturated rings. The van der Waals surface area contributed by atoms with Gasteiger partial charge in [-0.25, -0.2) is 0 Å². The lowest BCUT2D eigenvalue weighted by atomic mass is 9.97. The van der Waals surface area contributed by atoms with Gasteiger partial charge in [-0.05, 0) is 35.1 Å². The Kier molecular flexibility index (Phi) is 7.65. The number of aliphatic imine (C=N–C) groups is 1. The van der Waals surface area contributed by atoms with Crippen LogP contribution in [-0.2, 0) is 19.1 Å². The minimum absolute atomic E-state index is 0.00608. The summed E-state index contributed by atoms with van der Waals surface area (Å²) in [6.45, 7) is 0.799. The zero-order valence-corrected chi connectivity index (χ0v) is 18.0. The predicted molar refractivity (Wildman–Crippen MR) is 120 cm³/mol. The van der Waals surface area contributed by atoms with Gasteiger partial charge in [0.05, 0.1) is 19.4 Å². The Morgan fingerprint density at radius 1 is 1.10 bits per heavy atom. The van der Waals surface area contributed by atoms with Crippen molar-refractivity contribution in [3.05, 3.63) is 59.7 Å². The Morgan fingerprint density at radius 3 is 2.29 bits per heavy atom. The summed E-state index contributed by atoms with van der Waals surface area (Å²) >= 11 is 0. The summed E-state index contributed by atoms with van der Waals surface area (Å²) in [5.41, 5.74) is 10.3. The maximum absolute atomic E-state index is 12.6. The average molecular weight is 424 g/mol. The fraction of sp³-hybridized carbons (Fsp3) is 0.375.